The molecule has 0 aliphatic carbocycles. The summed E-state index contributed by atoms with van der Waals surface area (Å²) in [5, 5.41) is 2.79. The van der Waals surface area contributed by atoms with Crippen LogP contribution in [0.25, 0.3) is 0 Å². The summed E-state index contributed by atoms with van der Waals surface area (Å²) in [6, 6.07) is 5.27. The van der Waals surface area contributed by atoms with E-state index in [1.807, 2.05) is 32.0 Å². The Morgan fingerprint density at radius 2 is 2.00 bits per heavy atom. The number of hydrogen-bond acceptors (Lipinski definition) is 2. The third kappa shape index (κ3) is 2.46. The maximum Gasteiger partial charge on any atom is 0.252 e. The summed E-state index contributed by atoms with van der Waals surface area (Å²) in [6.07, 6.45) is 0.582. The van der Waals surface area contributed by atoms with Gasteiger partial charge >= 0.3 is 0 Å². The Morgan fingerprint density at radius 1 is 1.35 bits per heavy atom. The van der Waals surface area contributed by atoms with Gasteiger partial charge in [-0.25, -0.2) is 0 Å². The minimum atomic E-state index is -0.875. The summed E-state index contributed by atoms with van der Waals surface area (Å²) < 4.78 is 0.932. The van der Waals surface area contributed by atoms with Gasteiger partial charge in [-0.15, -0.1) is 0 Å². The van der Waals surface area contributed by atoms with E-state index < -0.39 is 11.6 Å². The molecule has 1 aromatic carbocycles. The summed E-state index contributed by atoms with van der Waals surface area (Å²) in [4.78, 5) is 26.5. The van der Waals surface area contributed by atoms with Crippen LogP contribution in [-0.2, 0) is 9.59 Å². The number of aryl methyl sites for hydroxylation is 1. The Balaban J connectivity index is 2.51. The number of piperazine rings is 1. The highest BCUT2D eigenvalue weighted by atomic mass is 79.9. The molecular weight excluding hydrogens is 320 g/mol. The Hall–Kier alpha value is -1.36. The van der Waals surface area contributed by atoms with Gasteiger partial charge < -0.3 is 5.32 Å². The monoisotopic (exact) mass is 338 g/mol. The molecule has 2 amide bonds. The first kappa shape index (κ1) is 15.0. The van der Waals surface area contributed by atoms with Gasteiger partial charge in [-0.2, -0.15) is 0 Å². The van der Waals surface area contributed by atoms with Crippen molar-refractivity contribution in [3.8, 4) is 0 Å². The highest BCUT2D eigenvalue weighted by Gasteiger charge is 2.45. The summed E-state index contributed by atoms with van der Waals surface area (Å²) in [7, 11) is 0. The van der Waals surface area contributed by atoms with Crippen molar-refractivity contribution in [2.24, 2.45) is 0 Å². The van der Waals surface area contributed by atoms with Crippen molar-refractivity contribution in [2.75, 3.05) is 4.90 Å². The molecule has 1 unspecified atom stereocenters. The topological polar surface area (TPSA) is 49.4 Å². The van der Waals surface area contributed by atoms with Crippen molar-refractivity contribution in [1.29, 1.82) is 0 Å². The van der Waals surface area contributed by atoms with E-state index in [-0.39, 0.29) is 11.8 Å². The van der Waals surface area contributed by atoms with Crippen LogP contribution >= 0.6 is 15.9 Å². The lowest BCUT2D eigenvalue weighted by atomic mass is 9.95. The number of halogens is 1. The molecule has 0 bridgehead atoms. The van der Waals surface area contributed by atoms with Crippen LogP contribution in [0.5, 0.6) is 0 Å². The second-order valence-electron chi connectivity index (χ2n) is 5.65. The predicted octanol–water partition coefficient (Wildman–Crippen LogP) is 2.78. The molecule has 1 aromatic rings. The van der Waals surface area contributed by atoms with Crippen LogP contribution in [0.1, 0.15) is 32.8 Å². The summed E-state index contributed by atoms with van der Waals surface area (Å²) in [5.74, 6) is -0.187. The first-order valence-electron chi connectivity index (χ1n) is 6.69. The Morgan fingerprint density at radius 3 is 2.55 bits per heavy atom. The smallest absolute Gasteiger partial charge is 0.252 e. The van der Waals surface area contributed by atoms with Gasteiger partial charge in [0.1, 0.15) is 11.6 Å². The van der Waals surface area contributed by atoms with Crippen molar-refractivity contribution < 1.29 is 9.59 Å². The number of amides is 2. The molecule has 0 spiro atoms. The van der Waals surface area contributed by atoms with Crippen molar-refractivity contribution >= 4 is 33.4 Å². The molecule has 0 saturated carbocycles. The van der Waals surface area contributed by atoms with E-state index in [1.165, 1.54) is 0 Å². The van der Waals surface area contributed by atoms with E-state index in [1.54, 1.807) is 18.7 Å². The van der Waals surface area contributed by atoms with Gasteiger partial charge in [-0.05, 0) is 44.9 Å². The molecule has 20 heavy (non-hydrogen) atoms. The fourth-order valence-corrected chi connectivity index (χ4v) is 2.77. The van der Waals surface area contributed by atoms with E-state index in [4.69, 9.17) is 0 Å². The number of carbonyl (C=O) groups excluding carboxylic acids is 2. The molecule has 1 saturated heterocycles. The van der Waals surface area contributed by atoms with Crippen LogP contribution in [0, 0.1) is 6.92 Å². The van der Waals surface area contributed by atoms with E-state index in [9.17, 15) is 9.59 Å². The zero-order chi connectivity index (χ0) is 15.1. The van der Waals surface area contributed by atoms with Crippen LogP contribution in [0.15, 0.2) is 22.7 Å². The lowest BCUT2D eigenvalue weighted by Crippen LogP contribution is -2.68. The quantitative estimate of drug-likeness (QED) is 0.901. The highest BCUT2D eigenvalue weighted by molar-refractivity contribution is 9.10. The molecule has 2 rings (SSSR count). The molecule has 1 fully saturated rings. The molecule has 5 heteroatoms. The number of anilines is 1. The Kier molecular flexibility index (Phi) is 3.91. The van der Waals surface area contributed by atoms with E-state index in [0.29, 0.717) is 6.42 Å². The van der Waals surface area contributed by atoms with Gasteiger partial charge in [0, 0.05) is 10.2 Å². The third-order valence-electron chi connectivity index (χ3n) is 3.62. The SMILES string of the molecule is CCC1C(=O)NC(C)(C)C(=O)N1c1ccc(C)c(Br)c1. The lowest BCUT2D eigenvalue weighted by molar-refractivity contribution is -0.137. The number of nitrogens with one attached hydrogen (secondary N) is 1. The van der Waals surface area contributed by atoms with Crippen molar-refractivity contribution in [2.45, 2.75) is 45.7 Å². The summed E-state index contributed by atoms with van der Waals surface area (Å²) in [5.41, 5.74) is 0.970. The molecule has 1 atom stereocenters. The molecule has 1 aliphatic rings. The van der Waals surface area contributed by atoms with Crippen LogP contribution in [0.2, 0.25) is 0 Å². The number of hydrogen-bond donors (Lipinski definition) is 1. The van der Waals surface area contributed by atoms with Crippen LogP contribution in [0.4, 0.5) is 5.69 Å². The molecule has 1 aliphatic heterocycles. The van der Waals surface area contributed by atoms with E-state index in [2.05, 4.69) is 21.2 Å². The minimum absolute atomic E-state index is 0.0836. The van der Waals surface area contributed by atoms with Gasteiger partial charge in [-0.1, -0.05) is 28.9 Å². The molecule has 4 nitrogen and oxygen atoms in total. The average Bonchev–Trinajstić information content (AvgIpc) is 2.36. The van der Waals surface area contributed by atoms with Crippen molar-refractivity contribution in [3.63, 3.8) is 0 Å². The Bertz CT molecular complexity index is 569. The van der Waals surface area contributed by atoms with Crippen LogP contribution in [0.3, 0.4) is 0 Å². The highest BCUT2D eigenvalue weighted by Crippen LogP contribution is 2.30. The lowest BCUT2D eigenvalue weighted by Gasteiger charge is -2.42. The van der Waals surface area contributed by atoms with Crippen molar-refractivity contribution in [1.82, 2.24) is 5.32 Å². The van der Waals surface area contributed by atoms with Gasteiger partial charge in [0.25, 0.3) is 5.91 Å². The standard InChI is InChI=1S/C15H19BrN2O2/c1-5-12-13(19)17-15(3,4)14(20)18(12)10-7-6-9(2)11(16)8-10/h6-8,12H,5H2,1-4H3,(H,17,19). The predicted molar refractivity (Wildman–Crippen MR) is 82.7 cm³/mol. The number of nitrogens with zero attached hydrogens (tertiary/aromatic N) is 1. The van der Waals surface area contributed by atoms with Gasteiger partial charge in [0.2, 0.25) is 5.91 Å². The molecule has 1 heterocycles. The average molecular weight is 339 g/mol. The van der Waals surface area contributed by atoms with E-state index in [0.717, 1.165) is 15.7 Å². The fourth-order valence-electron chi connectivity index (χ4n) is 2.40. The maximum atomic E-state index is 12.7. The van der Waals surface area contributed by atoms with Crippen LogP contribution in [-0.4, -0.2) is 23.4 Å². The van der Waals surface area contributed by atoms with E-state index >= 15 is 0 Å². The third-order valence-corrected chi connectivity index (χ3v) is 4.48. The van der Waals surface area contributed by atoms with Gasteiger partial charge in [-0.3, -0.25) is 14.5 Å². The fraction of sp³-hybridized carbons (Fsp3) is 0.467. The largest absolute Gasteiger partial charge is 0.340 e. The zero-order valence-electron chi connectivity index (χ0n) is 12.2. The minimum Gasteiger partial charge on any atom is -0.340 e. The molecule has 0 radical (unpaired) electrons. The number of rotatable bonds is 2. The first-order chi connectivity index (χ1) is 9.27. The zero-order valence-corrected chi connectivity index (χ0v) is 13.7. The van der Waals surface area contributed by atoms with Gasteiger partial charge in [0.15, 0.2) is 0 Å². The van der Waals surface area contributed by atoms with Gasteiger partial charge in [0.05, 0.1) is 0 Å². The second-order valence-corrected chi connectivity index (χ2v) is 6.50. The molecular formula is C15H19BrN2O2. The normalized spacial score (nSPS) is 21.9. The summed E-state index contributed by atoms with van der Waals surface area (Å²) in [6.45, 7) is 7.36. The first-order valence-corrected chi connectivity index (χ1v) is 7.49. The molecule has 0 aromatic heterocycles. The number of benzene rings is 1. The maximum absolute atomic E-state index is 12.7. The molecule has 1 N–H and O–H groups in total. The molecule has 108 valence electrons. The number of carbonyl (C=O) groups is 2. The van der Waals surface area contributed by atoms with Crippen molar-refractivity contribution in [3.05, 3.63) is 28.2 Å². The summed E-state index contributed by atoms with van der Waals surface area (Å²) >= 11 is 3.48. The second kappa shape index (κ2) is 5.20. The Labute approximate surface area is 127 Å². The van der Waals surface area contributed by atoms with Crippen LogP contribution < -0.4 is 10.2 Å².